The van der Waals surface area contributed by atoms with Crippen molar-refractivity contribution in [1.82, 2.24) is 4.31 Å². The summed E-state index contributed by atoms with van der Waals surface area (Å²) in [6.45, 7) is 0.117. The van der Waals surface area contributed by atoms with Crippen LogP contribution in [0.25, 0.3) is 0 Å². The Balaban J connectivity index is 2.21. The molecule has 0 saturated carbocycles. The van der Waals surface area contributed by atoms with Crippen molar-refractivity contribution in [2.75, 3.05) is 13.1 Å². The summed E-state index contributed by atoms with van der Waals surface area (Å²) < 4.78 is 24.9. The molecule has 0 atom stereocenters. The van der Waals surface area contributed by atoms with Crippen LogP contribution in [0, 0.1) is 10.1 Å². The highest BCUT2D eigenvalue weighted by molar-refractivity contribution is 7.88. The minimum Gasteiger partial charge on any atom is -0.390 e. The summed E-state index contributed by atoms with van der Waals surface area (Å²) in [5.41, 5.74) is -0.0500. The van der Waals surface area contributed by atoms with Crippen LogP contribution in [0.2, 0.25) is 0 Å². The molecule has 1 saturated heterocycles. The van der Waals surface area contributed by atoms with Crippen LogP contribution in [0.15, 0.2) is 24.3 Å². The number of rotatable bonds is 4. The number of nitro groups is 1. The average Bonchev–Trinajstić information content (AvgIpc) is 2.24. The van der Waals surface area contributed by atoms with Crippen molar-refractivity contribution >= 4 is 15.7 Å². The van der Waals surface area contributed by atoms with Crippen molar-refractivity contribution < 1.29 is 18.4 Å². The predicted molar refractivity (Wildman–Crippen MR) is 63.3 cm³/mol. The molecule has 7 nitrogen and oxygen atoms in total. The third-order valence-corrected chi connectivity index (χ3v) is 4.51. The van der Waals surface area contributed by atoms with E-state index in [2.05, 4.69) is 0 Å². The van der Waals surface area contributed by atoms with Gasteiger partial charge in [0, 0.05) is 24.7 Å². The van der Waals surface area contributed by atoms with Crippen LogP contribution in [0.3, 0.4) is 0 Å². The zero-order valence-electron chi connectivity index (χ0n) is 9.39. The van der Waals surface area contributed by atoms with E-state index in [-0.39, 0.29) is 24.3 Å². The van der Waals surface area contributed by atoms with Crippen LogP contribution in [0.1, 0.15) is 5.56 Å². The SMILES string of the molecule is O=[N+]([O-])c1ccccc1CS(=O)(=O)N1CC(O)C1. The van der Waals surface area contributed by atoms with E-state index >= 15 is 0 Å². The lowest BCUT2D eigenvalue weighted by molar-refractivity contribution is -0.385. The molecule has 1 N–H and O–H groups in total. The Kier molecular flexibility index (Phi) is 3.33. The minimum absolute atomic E-state index is 0.0585. The van der Waals surface area contributed by atoms with E-state index in [0.29, 0.717) is 0 Å². The van der Waals surface area contributed by atoms with Gasteiger partial charge in [-0.3, -0.25) is 10.1 Å². The molecular weight excluding hydrogens is 260 g/mol. The number of nitro benzene ring substituents is 1. The van der Waals surface area contributed by atoms with Gasteiger partial charge in [0.1, 0.15) is 0 Å². The van der Waals surface area contributed by atoms with Gasteiger partial charge < -0.3 is 5.11 Å². The Labute approximate surface area is 104 Å². The second kappa shape index (κ2) is 4.63. The molecule has 0 bridgehead atoms. The summed E-state index contributed by atoms with van der Waals surface area (Å²) in [6, 6.07) is 5.74. The summed E-state index contributed by atoms with van der Waals surface area (Å²) in [5.74, 6) is -0.420. The zero-order chi connectivity index (χ0) is 13.3. The Bertz CT molecular complexity index is 565. The van der Waals surface area contributed by atoms with E-state index in [9.17, 15) is 18.5 Å². The largest absolute Gasteiger partial charge is 0.390 e. The van der Waals surface area contributed by atoms with E-state index in [1.807, 2.05) is 0 Å². The third-order valence-electron chi connectivity index (χ3n) is 2.75. The quantitative estimate of drug-likeness (QED) is 0.619. The zero-order valence-corrected chi connectivity index (χ0v) is 10.2. The third kappa shape index (κ3) is 2.50. The van der Waals surface area contributed by atoms with Gasteiger partial charge in [0.2, 0.25) is 10.0 Å². The van der Waals surface area contributed by atoms with E-state index in [0.717, 1.165) is 4.31 Å². The topological polar surface area (TPSA) is 101 Å². The van der Waals surface area contributed by atoms with Gasteiger partial charge in [0.05, 0.1) is 16.8 Å². The van der Waals surface area contributed by atoms with Gasteiger partial charge in [0.15, 0.2) is 0 Å². The maximum Gasteiger partial charge on any atom is 0.273 e. The number of aliphatic hydroxyl groups excluding tert-OH is 1. The van der Waals surface area contributed by atoms with Gasteiger partial charge in [-0.15, -0.1) is 0 Å². The number of aliphatic hydroxyl groups is 1. The second-order valence-electron chi connectivity index (χ2n) is 4.11. The number of sulfonamides is 1. The molecule has 0 spiro atoms. The highest BCUT2D eigenvalue weighted by Gasteiger charge is 2.35. The van der Waals surface area contributed by atoms with Crippen molar-refractivity contribution in [3.05, 3.63) is 39.9 Å². The maximum atomic E-state index is 11.9. The highest BCUT2D eigenvalue weighted by Crippen LogP contribution is 2.23. The molecule has 18 heavy (non-hydrogen) atoms. The first-order valence-electron chi connectivity index (χ1n) is 5.28. The lowest BCUT2D eigenvalue weighted by Crippen LogP contribution is -2.53. The van der Waals surface area contributed by atoms with E-state index in [1.165, 1.54) is 18.2 Å². The summed E-state index contributed by atoms with van der Waals surface area (Å²) in [5, 5.41) is 19.8. The van der Waals surface area contributed by atoms with Crippen LogP contribution < -0.4 is 0 Å². The summed E-state index contributed by atoms with van der Waals surface area (Å²) in [7, 11) is -3.60. The number of para-hydroxylation sites is 1. The molecule has 1 aliphatic heterocycles. The van der Waals surface area contributed by atoms with Crippen LogP contribution in [-0.4, -0.2) is 41.9 Å². The van der Waals surface area contributed by atoms with Gasteiger partial charge in [-0.1, -0.05) is 18.2 Å². The lowest BCUT2D eigenvalue weighted by Gasteiger charge is -2.34. The summed E-state index contributed by atoms with van der Waals surface area (Å²) in [6.07, 6.45) is -0.634. The molecule has 1 heterocycles. The number of nitrogens with zero attached hydrogens (tertiary/aromatic N) is 2. The first-order chi connectivity index (χ1) is 8.40. The molecule has 0 aromatic heterocycles. The van der Waals surface area contributed by atoms with Crippen molar-refractivity contribution in [1.29, 1.82) is 0 Å². The number of hydrogen-bond donors (Lipinski definition) is 1. The van der Waals surface area contributed by atoms with E-state index < -0.39 is 26.8 Å². The van der Waals surface area contributed by atoms with Crippen LogP contribution >= 0.6 is 0 Å². The van der Waals surface area contributed by atoms with Crippen LogP contribution in [0.4, 0.5) is 5.69 Å². The maximum absolute atomic E-state index is 11.9. The monoisotopic (exact) mass is 272 g/mol. The molecule has 1 aromatic carbocycles. The molecule has 0 unspecified atom stereocenters. The van der Waals surface area contributed by atoms with Crippen molar-refractivity contribution in [2.45, 2.75) is 11.9 Å². The van der Waals surface area contributed by atoms with Gasteiger partial charge in [-0.2, -0.15) is 4.31 Å². The van der Waals surface area contributed by atoms with Crippen molar-refractivity contribution in [3.63, 3.8) is 0 Å². The fourth-order valence-electron chi connectivity index (χ4n) is 1.74. The van der Waals surface area contributed by atoms with Crippen LogP contribution in [-0.2, 0) is 15.8 Å². The van der Waals surface area contributed by atoms with E-state index in [1.54, 1.807) is 6.07 Å². The first kappa shape index (κ1) is 12.9. The fraction of sp³-hybridized carbons (Fsp3) is 0.400. The predicted octanol–water partition coefficient (Wildman–Crippen LogP) is 0.101. The summed E-state index contributed by atoms with van der Waals surface area (Å²) in [4.78, 5) is 10.2. The Morgan fingerprint density at radius 3 is 2.56 bits per heavy atom. The minimum atomic E-state index is -3.60. The number of benzene rings is 1. The Morgan fingerprint density at radius 2 is 2.00 bits per heavy atom. The number of hydrogen-bond acceptors (Lipinski definition) is 5. The lowest BCUT2D eigenvalue weighted by atomic mass is 10.2. The van der Waals surface area contributed by atoms with Crippen LogP contribution in [0.5, 0.6) is 0 Å². The van der Waals surface area contributed by atoms with Gasteiger partial charge >= 0.3 is 0 Å². The molecule has 1 fully saturated rings. The fourth-order valence-corrected chi connectivity index (χ4v) is 3.36. The molecular formula is C10H12N2O5S. The molecule has 98 valence electrons. The standard InChI is InChI=1S/C10H12N2O5S/c13-9-5-11(6-9)18(16,17)7-8-3-1-2-4-10(8)12(14)15/h1-4,9,13H,5-7H2. The Hall–Kier alpha value is -1.51. The average molecular weight is 272 g/mol. The molecule has 1 aromatic rings. The van der Waals surface area contributed by atoms with Gasteiger partial charge in [0.25, 0.3) is 5.69 Å². The smallest absolute Gasteiger partial charge is 0.273 e. The number of β-amino-alcohol motifs (C(OH)–C–C–N with tert-alkyl or cyclic N) is 1. The normalized spacial score (nSPS) is 17.4. The van der Waals surface area contributed by atoms with Gasteiger partial charge in [-0.05, 0) is 0 Å². The molecule has 0 amide bonds. The van der Waals surface area contributed by atoms with Gasteiger partial charge in [-0.25, -0.2) is 8.42 Å². The first-order valence-corrected chi connectivity index (χ1v) is 6.89. The molecule has 2 rings (SSSR count). The molecule has 1 aliphatic rings. The summed E-state index contributed by atoms with van der Waals surface area (Å²) >= 11 is 0. The molecule has 0 aliphatic carbocycles. The highest BCUT2D eigenvalue weighted by atomic mass is 32.2. The Morgan fingerprint density at radius 1 is 1.39 bits per heavy atom. The second-order valence-corrected chi connectivity index (χ2v) is 6.08. The van der Waals surface area contributed by atoms with E-state index in [4.69, 9.17) is 5.11 Å². The molecule has 0 radical (unpaired) electrons. The van der Waals surface area contributed by atoms with Crippen molar-refractivity contribution in [3.8, 4) is 0 Å². The van der Waals surface area contributed by atoms with Crippen molar-refractivity contribution in [2.24, 2.45) is 0 Å². The molecule has 8 heteroatoms.